The van der Waals surface area contributed by atoms with Crippen LogP contribution in [0.15, 0.2) is 35.6 Å². The molecule has 3 aromatic heterocycles. The van der Waals surface area contributed by atoms with Gasteiger partial charge in [0.25, 0.3) is 0 Å². The quantitative estimate of drug-likeness (QED) is 0.305. The summed E-state index contributed by atoms with van der Waals surface area (Å²) < 4.78 is 3.91. The molecule has 0 fully saturated rings. The van der Waals surface area contributed by atoms with Gasteiger partial charge in [0.1, 0.15) is 10.8 Å². The number of imidazole rings is 1. The maximum atomic E-state index is 6.09. The van der Waals surface area contributed by atoms with Crippen LogP contribution in [0.2, 0.25) is 10.2 Å². The summed E-state index contributed by atoms with van der Waals surface area (Å²) in [4.78, 5) is 8.93. The van der Waals surface area contributed by atoms with Crippen LogP contribution in [0.1, 0.15) is 17.0 Å². The Hall–Kier alpha value is -1.45. The van der Waals surface area contributed by atoms with E-state index in [9.17, 15) is 0 Å². The molecule has 6 nitrogen and oxygen atoms in total. The first-order valence-electron chi connectivity index (χ1n) is 8.37. The number of pyridine rings is 1. The first-order valence-corrected chi connectivity index (χ1v) is 9.12. The molecule has 9 heteroatoms. The number of rotatable bonds is 5. The summed E-state index contributed by atoms with van der Waals surface area (Å²) >= 11 is 12.1. The van der Waals surface area contributed by atoms with Gasteiger partial charge in [-0.25, -0.2) is 4.98 Å². The van der Waals surface area contributed by atoms with Gasteiger partial charge >= 0.3 is 0 Å². The Morgan fingerprint density at radius 2 is 2.07 bits per heavy atom. The molecule has 146 valence electrons. The van der Waals surface area contributed by atoms with Crippen molar-refractivity contribution in [2.75, 3.05) is 13.6 Å². The molecule has 3 heterocycles. The molecule has 0 saturated heterocycles. The minimum absolute atomic E-state index is 0. The summed E-state index contributed by atoms with van der Waals surface area (Å²) in [5.41, 5.74) is 4.20. The fourth-order valence-corrected chi connectivity index (χ4v) is 3.20. The van der Waals surface area contributed by atoms with Crippen LogP contribution in [0.25, 0.3) is 5.65 Å². The summed E-state index contributed by atoms with van der Waals surface area (Å²) in [5.74, 6) is 0.721. The molecule has 0 aliphatic carbocycles. The smallest absolute Gasteiger partial charge is 0.191 e. The van der Waals surface area contributed by atoms with E-state index in [4.69, 9.17) is 23.2 Å². The second kappa shape index (κ2) is 9.66. The third-order valence-electron chi connectivity index (χ3n) is 4.28. The van der Waals surface area contributed by atoms with Gasteiger partial charge in [0, 0.05) is 45.1 Å². The van der Waals surface area contributed by atoms with Crippen LogP contribution in [0, 0.1) is 6.92 Å². The second-order valence-corrected chi connectivity index (χ2v) is 6.86. The number of aliphatic imine (C=N–C) groups is 1. The monoisotopic (exact) mass is 520 g/mol. The van der Waals surface area contributed by atoms with Gasteiger partial charge in [-0.3, -0.25) is 4.99 Å². The zero-order valence-electron chi connectivity index (χ0n) is 15.5. The summed E-state index contributed by atoms with van der Waals surface area (Å²) in [6.07, 6.45) is 4.89. The number of halogens is 3. The molecular formula is C18H23Cl2IN6. The van der Waals surface area contributed by atoms with Gasteiger partial charge in [-0.05, 0) is 24.6 Å². The van der Waals surface area contributed by atoms with Gasteiger partial charge in [0.2, 0.25) is 0 Å². The lowest BCUT2D eigenvalue weighted by atomic mass is 10.3. The lowest BCUT2D eigenvalue weighted by Crippen LogP contribution is -2.38. The van der Waals surface area contributed by atoms with E-state index in [1.165, 1.54) is 5.56 Å². The molecule has 0 radical (unpaired) electrons. The first-order chi connectivity index (χ1) is 12.5. The number of nitrogens with zero attached hydrogens (tertiary/aromatic N) is 4. The van der Waals surface area contributed by atoms with Crippen molar-refractivity contribution < 1.29 is 0 Å². The Kier molecular flexibility index (Phi) is 7.81. The van der Waals surface area contributed by atoms with E-state index < -0.39 is 0 Å². The number of fused-ring (bicyclic) bond motifs is 1. The Morgan fingerprint density at radius 3 is 2.70 bits per heavy atom. The molecule has 0 bridgehead atoms. The average molecular weight is 521 g/mol. The van der Waals surface area contributed by atoms with Crippen LogP contribution in [0.5, 0.6) is 0 Å². The number of nitrogens with one attached hydrogen (secondary N) is 2. The van der Waals surface area contributed by atoms with Crippen LogP contribution < -0.4 is 10.6 Å². The molecule has 0 aromatic carbocycles. The zero-order chi connectivity index (χ0) is 18.7. The Bertz CT molecular complexity index is 947. The highest BCUT2D eigenvalue weighted by Crippen LogP contribution is 2.24. The normalized spacial score (nSPS) is 11.5. The van der Waals surface area contributed by atoms with E-state index in [0.717, 1.165) is 36.0 Å². The molecule has 0 aliphatic heterocycles. The van der Waals surface area contributed by atoms with Crippen molar-refractivity contribution in [1.29, 1.82) is 0 Å². The van der Waals surface area contributed by atoms with Crippen LogP contribution in [0.4, 0.5) is 0 Å². The molecule has 3 rings (SSSR count). The van der Waals surface area contributed by atoms with E-state index in [1.54, 1.807) is 7.05 Å². The van der Waals surface area contributed by atoms with E-state index in [0.29, 0.717) is 16.7 Å². The molecule has 0 unspecified atom stereocenters. The van der Waals surface area contributed by atoms with Crippen LogP contribution in [-0.4, -0.2) is 33.5 Å². The van der Waals surface area contributed by atoms with Gasteiger partial charge in [-0.2, -0.15) is 0 Å². The van der Waals surface area contributed by atoms with Crippen molar-refractivity contribution in [3.05, 3.63) is 57.7 Å². The Labute approximate surface area is 186 Å². The van der Waals surface area contributed by atoms with Crippen molar-refractivity contribution in [3.63, 3.8) is 0 Å². The number of guanidine groups is 1. The molecule has 3 aromatic rings. The Balaban J connectivity index is 0.00000261. The van der Waals surface area contributed by atoms with E-state index in [-0.39, 0.29) is 24.0 Å². The highest BCUT2D eigenvalue weighted by atomic mass is 127. The van der Waals surface area contributed by atoms with Crippen molar-refractivity contribution in [3.8, 4) is 0 Å². The SMILES string of the molecule is CN=C(NCCc1cn2cccc(C)c2n1)NCc1cc(Cl)c(Cl)n1C.I. The summed E-state index contributed by atoms with van der Waals surface area (Å²) in [7, 11) is 3.63. The molecule has 0 amide bonds. The minimum Gasteiger partial charge on any atom is -0.356 e. The van der Waals surface area contributed by atoms with Crippen molar-refractivity contribution >= 4 is 58.8 Å². The van der Waals surface area contributed by atoms with Gasteiger partial charge in [-0.1, -0.05) is 29.3 Å². The average Bonchev–Trinajstić information content (AvgIpc) is 3.15. The zero-order valence-corrected chi connectivity index (χ0v) is 19.3. The van der Waals surface area contributed by atoms with Gasteiger partial charge < -0.3 is 19.6 Å². The summed E-state index contributed by atoms with van der Waals surface area (Å²) in [6, 6.07) is 5.95. The lowest BCUT2D eigenvalue weighted by Gasteiger charge is -2.12. The third kappa shape index (κ3) is 5.08. The van der Waals surface area contributed by atoms with Crippen LogP contribution in [-0.2, 0) is 20.0 Å². The lowest BCUT2D eigenvalue weighted by molar-refractivity contribution is 0.744. The van der Waals surface area contributed by atoms with Gasteiger partial charge in [-0.15, -0.1) is 24.0 Å². The summed E-state index contributed by atoms with van der Waals surface area (Å²) in [5, 5.41) is 7.65. The molecule has 0 spiro atoms. The van der Waals surface area contributed by atoms with E-state index in [1.807, 2.05) is 29.9 Å². The predicted octanol–water partition coefficient (Wildman–Crippen LogP) is 3.81. The third-order valence-corrected chi connectivity index (χ3v) is 5.12. The van der Waals surface area contributed by atoms with Crippen molar-refractivity contribution in [2.24, 2.45) is 12.0 Å². The van der Waals surface area contributed by atoms with Gasteiger partial charge in [0.05, 0.1) is 17.3 Å². The topological polar surface area (TPSA) is 58.6 Å². The van der Waals surface area contributed by atoms with Crippen molar-refractivity contribution in [1.82, 2.24) is 24.6 Å². The highest BCUT2D eigenvalue weighted by Gasteiger charge is 2.09. The standard InChI is InChI=1S/C18H22Cl2N6.HI/c1-12-5-4-8-26-11-13(24-17(12)26)6-7-22-18(21-2)23-10-14-9-15(19)16(20)25(14)3;/h4-5,8-9,11H,6-7,10H2,1-3H3,(H2,21,22,23);1H. The molecule has 27 heavy (non-hydrogen) atoms. The summed E-state index contributed by atoms with van der Waals surface area (Å²) in [6.45, 7) is 3.38. The van der Waals surface area contributed by atoms with E-state index in [2.05, 4.69) is 44.2 Å². The molecule has 2 N–H and O–H groups in total. The predicted molar refractivity (Wildman–Crippen MR) is 123 cm³/mol. The first kappa shape index (κ1) is 21.8. The number of hydrogen-bond acceptors (Lipinski definition) is 2. The molecular weight excluding hydrogens is 498 g/mol. The van der Waals surface area contributed by atoms with Crippen LogP contribution in [0.3, 0.4) is 0 Å². The van der Waals surface area contributed by atoms with Gasteiger partial charge in [0.15, 0.2) is 5.96 Å². The minimum atomic E-state index is 0. The largest absolute Gasteiger partial charge is 0.356 e. The fourth-order valence-electron chi connectivity index (χ4n) is 2.79. The highest BCUT2D eigenvalue weighted by molar-refractivity contribution is 14.0. The maximum Gasteiger partial charge on any atom is 0.191 e. The number of hydrogen-bond donors (Lipinski definition) is 2. The van der Waals surface area contributed by atoms with Crippen LogP contribution >= 0.6 is 47.2 Å². The molecule has 0 aliphatic rings. The second-order valence-electron chi connectivity index (χ2n) is 6.09. The molecule has 0 atom stereocenters. The number of aromatic nitrogens is 3. The fraction of sp³-hybridized carbons (Fsp3) is 0.333. The van der Waals surface area contributed by atoms with Crippen molar-refractivity contribution in [2.45, 2.75) is 19.9 Å². The number of aryl methyl sites for hydroxylation is 1. The Morgan fingerprint density at radius 1 is 1.30 bits per heavy atom. The van der Waals surface area contributed by atoms with E-state index >= 15 is 0 Å². The molecule has 0 saturated carbocycles. The maximum absolute atomic E-state index is 6.09.